The molecular formula is C18H23F3N2O4. The second-order valence-electron chi connectivity index (χ2n) is 6.71. The molecule has 2 rings (SSSR count). The van der Waals surface area contributed by atoms with Gasteiger partial charge in [-0.25, -0.2) is 4.79 Å². The van der Waals surface area contributed by atoms with E-state index in [-0.39, 0.29) is 24.3 Å². The van der Waals surface area contributed by atoms with Gasteiger partial charge in [0.15, 0.2) is 0 Å². The van der Waals surface area contributed by atoms with Crippen molar-refractivity contribution in [3.8, 4) is 5.75 Å². The number of urea groups is 1. The van der Waals surface area contributed by atoms with Gasteiger partial charge in [0, 0.05) is 6.04 Å². The minimum Gasteiger partial charge on any atom is -0.491 e. The van der Waals surface area contributed by atoms with Crippen molar-refractivity contribution in [1.29, 1.82) is 0 Å². The van der Waals surface area contributed by atoms with E-state index < -0.39 is 29.8 Å². The van der Waals surface area contributed by atoms with Gasteiger partial charge in [-0.1, -0.05) is 12.1 Å². The maximum absolute atomic E-state index is 12.9. The number of carboxylic acid groups (broad SMARTS) is 1. The smallest absolute Gasteiger partial charge is 0.419 e. The standard InChI is InChI=1S/C18H23F3N2O4/c1-11(10-27-15-5-3-2-4-14(15)18(19,20)21)22-17(26)23-13-8-6-12(7-9-13)16(24)25/h2-5,11-13H,6-10H2,1H3,(H,24,25)(H2,22,23,26). The first kappa shape index (κ1) is 20.9. The van der Waals surface area contributed by atoms with E-state index in [0.29, 0.717) is 25.7 Å². The second-order valence-corrected chi connectivity index (χ2v) is 6.71. The van der Waals surface area contributed by atoms with E-state index in [0.717, 1.165) is 6.07 Å². The quantitative estimate of drug-likeness (QED) is 0.697. The lowest BCUT2D eigenvalue weighted by atomic mass is 9.86. The summed E-state index contributed by atoms with van der Waals surface area (Å²) in [7, 11) is 0. The third-order valence-electron chi connectivity index (χ3n) is 4.47. The van der Waals surface area contributed by atoms with Crippen molar-refractivity contribution in [2.24, 2.45) is 5.92 Å². The lowest BCUT2D eigenvalue weighted by Gasteiger charge is -2.27. The Hall–Kier alpha value is -2.45. The molecule has 2 amide bonds. The zero-order chi connectivity index (χ0) is 20.0. The molecule has 3 N–H and O–H groups in total. The summed E-state index contributed by atoms with van der Waals surface area (Å²) >= 11 is 0. The van der Waals surface area contributed by atoms with Gasteiger partial charge in [0.05, 0.1) is 17.5 Å². The zero-order valence-corrected chi connectivity index (χ0v) is 14.9. The van der Waals surface area contributed by atoms with Gasteiger partial charge in [0.25, 0.3) is 0 Å². The minimum absolute atomic E-state index is 0.111. The topological polar surface area (TPSA) is 87.7 Å². The van der Waals surface area contributed by atoms with E-state index in [2.05, 4.69) is 10.6 Å². The Morgan fingerprint density at radius 2 is 1.85 bits per heavy atom. The molecule has 1 fully saturated rings. The summed E-state index contributed by atoms with van der Waals surface area (Å²) in [5.74, 6) is -1.47. The van der Waals surface area contributed by atoms with Gasteiger partial charge >= 0.3 is 18.2 Å². The number of carboxylic acids is 1. The van der Waals surface area contributed by atoms with Gasteiger partial charge in [-0.2, -0.15) is 13.2 Å². The lowest BCUT2D eigenvalue weighted by molar-refractivity contribution is -0.143. The van der Waals surface area contributed by atoms with Crippen LogP contribution in [0.15, 0.2) is 24.3 Å². The molecule has 0 radical (unpaired) electrons. The molecule has 150 valence electrons. The zero-order valence-electron chi connectivity index (χ0n) is 14.9. The molecule has 0 aliphatic heterocycles. The van der Waals surface area contributed by atoms with Crippen molar-refractivity contribution in [3.63, 3.8) is 0 Å². The molecule has 0 spiro atoms. The van der Waals surface area contributed by atoms with Crippen molar-refractivity contribution >= 4 is 12.0 Å². The Morgan fingerprint density at radius 1 is 1.22 bits per heavy atom. The fourth-order valence-electron chi connectivity index (χ4n) is 3.02. The molecule has 1 saturated carbocycles. The first-order chi connectivity index (χ1) is 12.7. The number of hydrogen-bond acceptors (Lipinski definition) is 3. The van der Waals surface area contributed by atoms with Gasteiger partial charge in [0.1, 0.15) is 12.4 Å². The Bertz CT molecular complexity index is 658. The number of rotatable bonds is 6. The maximum Gasteiger partial charge on any atom is 0.419 e. The largest absolute Gasteiger partial charge is 0.491 e. The third kappa shape index (κ3) is 6.33. The molecule has 1 aliphatic rings. The van der Waals surface area contributed by atoms with Crippen LogP contribution in [0.5, 0.6) is 5.75 Å². The van der Waals surface area contributed by atoms with Crippen LogP contribution in [0.2, 0.25) is 0 Å². The molecule has 1 atom stereocenters. The van der Waals surface area contributed by atoms with Crippen LogP contribution in [0.25, 0.3) is 0 Å². The van der Waals surface area contributed by atoms with Crippen LogP contribution in [0.4, 0.5) is 18.0 Å². The average Bonchev–Trinajstić information content (AvgIpc) is 2.59. The average molecular weight is 388 g/mol. The van der Waals surface area contributed by atoms with Gasteiger partial charge in [-0.3, -0.25) is 4.79 Å². The number of hydrogen-bond donors (Lipinski definition) is 3. The van der Waals surface area contributed by atoms with Gasteiger partial charge < -0.3 is 20.5 Å². The predicted molar refractivity (Wildman–Crippen MR) is 91.5 cm³/mol. The monoisotopic (exact) mass is 388 g/mol. The number of benzene rings is 1. The highest BCUT2D eigenvalue weighted by atomic mass is 19.4. The van der Waals surface area contributed by atoms with Crippen LogP contribution in [-0.4, -0.2) is 35.8 Å². The molecule has 9 heteroatoms. The molecule has 1 aliphatic carbocycles. The van der Waals surface area contributed by atoms with Crippen molar-refractivity contribution in [1.82, 2.24) is 10.6 Å². The SMILES string of the molecule is CC(COc1ccccc1C(F)(F)F)NC(=O)NC1CCC(C(=O)O)CC1. The molecule has 0 bridgehead atoms. The first-order valence-electron chi connectivity index (χ1n) is 8.75. The van der Waals surface area contributed by atoms with Crippen LogP contribution >= 0.6 is 0 Å². The third-order valence-corrected chi connectivity index (χ3v) is 4.47. The van der Waals surface area contributed by atoms with Crippen LogP contribution in [0, 0.1) is 5.92 Å². The fourth-order valence-corrected chi connectivity index (χ4v) is 3.02. The Balaban J connectivity index is 1.77. The number of ether oxygens (including phenoxy) is 1. The van der Waals surface area contributed by atoms with Crippen molar-refractivity contribution in [2.75, 3.05) is 6.61 Å². The number of amides is 2. The summed E-state index contributed by atoms with van der Waals surface area (Å²) in [5.41, 5.74) is -0.864. The highest BCUT2D eigenvalue weighted by Crippen LogP contribution is 2.35. The molecule has 6 nitrogen and oxygen atoms in total. The number of alkyl halides is 3. The molecule has 0 aromatic heterocycles. The highest BCUT2D eigenvalue weighted by Gasteiger charge is 2.34. The number of para-hydroxylation sites is 1. The van der Waals surface area contributed by atoms with Crippen molar-refractivity contribution in [2.45, 2.75) is 50.9 Å². The second kappa shape index (κ2) is 8.96. The van der Waals surface area contributed by atoms with E-state index in [1.54, 1.807) is 6.92 Å². The normalized spacial score (nSPS) is 21.2. The van der Waals surface area contributed by atoms with Gasteiger partial charge in [-0.15, -0.1) is 0 Å². The van der Waals surface area contributed by atoms with Crippen molar-refractivity contribution in [3.05, 3.63) is 29.8 Å². The molecule has 1 unspecified atom stereocenters. The van der Waals surface area contributed by atoms with Crippen LogP contribution < -0.4 is 15.4 Å². The Kier molecular flexibility index (Phi) is 6.92. The molecule has 0 saturated heterocycles. The summed E-state index contributed by atoms with van der Waals surface area (Å²) in [6.45, 7) is 1.50. The van der Waals surface area contributed by atoms with Gasteiger partial charge in [-0.05, 0) is 44.7 Å². The maximum atomic E-state index is 12.9. The number of nitrogens with one attached hydrogen (secondary N) is 2. The summed E-state index contributed by atoms with van der Waals surface area (Å²) in [6, 6.07) is 3.83. The summed E-state index contributed by atoms with van der Waals surface area (Å²) < 4.78 is 44.0. The predicted octanol–water partition coefficient (Wildman–Crippen LogP) is 3.42. The molecule has 1 aromatic rings. The summed E-state index contributed by atoms with van der Waals surface area (Å²) in [6.07, 6.45) is -2.35. The van der Waals surface area contributed by atoms with E-state index >= 15 is 0 Å². The summed E-state index contributed by atoms with van der Waals surface area (Å²) in [5, 5.41) is 14.3. The van der Waals surface area contributed by atoms with Crippen LogP contribution in [0.1, 0.15) is 38.2 Å². The molecule has 27 heavy (non-hydrogen) atoms. The lowest BCUT2D eigenvalue weighted by Crippen LogP contribution is -2.48. The number of halogens is 3. The highest BCUT2D eigenvalue weighted by molar-refractivity contribution is 5.74. The van der Waals surface area contributed by atoms with E-state index in [1.165, 1.54) is 18.2 Å². The molecular weight excluding hydrogens is 365 g/mol. The summed E-state index contributed by atoms with van der Waals surface area (Å²) in [4.78, 5) is 22.9. The molecule has 1 aromatic carbocycles. The van der Waals surface area contributed by atoms with E-state index in [1.807, 2.05) is 0 Å². The Morgan fingerprint density at radius 3 is 2.44 bits per heavy atom. The number of aliphatic carboxylic acids is 1. The number of carbonyl (C=O) groups excluding carboxylic acids is 1. The van der Waals surface area contributed by atoms with Crippen molar-refractivity contribution < 1.29 is 32.6 Å². The number of carbonyl (C=O) groups is 2. The van der Waals surface area contributed by atoms with Crippen LogP contribution in [-0.2, 0) is 11.0 Å². The van der Waals surface area contributed by atoms with E-state index in [4.69, 9.17) is 9.84 Å². The molecule has 0 heterocycles. The first-order valence-corrected chi connectivity index (χ1v) is 8.75. The Labute approximate surface area is 155 Å². The van der Waals surface area contributed by atoms with Crippen LogP contribution in [0.3, 0.4) is 0 Å². The fraction of sp³-hybridized carbons (Fsp3) is 0.556. The minimum atomic E-state index is -4.51. The van der Waals surface area contributed by atoms with Gasteiger partial charge in [0.2, 0.25) is 0 Å². The van der Waals surface area contributed by atoms with E-state index in [9.17, 15) is 22.8 Å².